The fraction of sp³-hybridized carbons (Fsp3) is 0.625. The molecule has 2 atom stereocenters. The number of halogens is 1. The number of piperidine rings is 1. The summed E-state index contributed by atoms with van der Waals surface area (Å²) in [6.45, 7) is 8.27. The molecule has 2 fully saturated rings. The van der Waals surface area contributed by atoms with Crippen LogP contribution in [0.4, 0.5) is 5.69 Å². The molecular formula is C16H23BrN2. The maximum atomic E-state index is 3.60. The van der Waals surface area contributed by atoms with Crippen molar-refractivity contribution < 1.29 is 0 Å². The van der Waals surface area contributed by atoms with Gasteiger partial charge in [-0.3, -0.25) is 4.90 Å². The van der Waals surface area contributed by atoms with Crippen molar-refractivity contribution in [2.24, 2.45) is 0 Å². The lowest BCUT2D eigenvalue weighted by Crippen LogP contribution is -2.58. The summed E-state index contributed by atoms with van der Waals surface area (Å²) in [4.78, 5) is 5.31. The summed E-state index contributed by atoms with van der Waals surface area (Å²) in [5.74, 6) is 0. The lowest BCUT2D eigenvalue weighted by molar-refractivity contribution is 0.115. The van der Waals surface area contributed by atoms with E-state index in [0.717, 1.165) is 6.04 Å². The molecule has 104 valence electrons. The van der Waals surface area contributed by atoms with Gasteiger partial charge in [0, 0.05) is 35.3 Å². The van der Waals surface area contributed by atoms with Crippen molar-refractivity contribution in [1.82, 2.24) is 4.90 Å². The number of fused-ring (bicyclic) bond motifs is 1. The van der Waals surface area contributed by atoms with E-state index < -0.39 is 0 Å². The second-order valence-corrected chi connectivity index (χ2v) is 6.93. The van der Waals surface area contributed by atoms with Gasteiger partial charge >= 0.3 is 0 Å². The van der Waals surface area contributed by atoms with Crippen LogP contribution in [-0.4, -0.2) is 36.6 Å². The van der Waals surface area contributed by atoms with Gasteiger partial charge in [0.25, 0.3) is 0 Å². The summed E-state index contributed by atoms with van der Waals surface area (Å²) >= 11 is 3.60. The summed E-state index contributed by atoms with van der Waals surface area (Å²) < 4.78 is 1.21. The molecule has 0 spiro atoms. The Hall–Kier alpha value is -0.540. The minimum atomic E-state index is 0.620. The van der Waals surface area contributed by atoms with Crippen LogP contribution in [0.5, 0.6) is 0 Å². The first-order valence-electron chi connectivity index (χ1n) is 7.42. The van der Waals surface area contributed by atoms with Gasteiger partial charge < -0.3 is 4.90 Å². The molecule has 3 heteroatoms. The second kappa shape index (κ2) is 5.45. The quantitative estimate of drug-likeness (QED) is 0.775. The number of hydrogen-bond acceptors (Lipinski definition) is 2. The number of hydrogen-bond donors (Lipinski definition) is 0. The van der Waals surface area contributed by atoms with Crippen molar-refractivity contribution in [3.05, 3.63) is 28.2 Å². The molecule has 0 radical (unpaired) electrons. The minimum Gasteiger partial charge on any atom is -0.366 e. The van der Waals surface area contributed by atoms with Crippen molar-refractivity contribution in [1.29, 1.82) is 0 Å². The number of anilines is 1. The molecule has 2 unspecified atom stereocenters. The summed E-state index contributed by atoms with van der Waals surface area (Å²) in [5.41, 5.74) is 2.72. The lowest BCUT2D eigenvalue weighted by Gasteiger charge is -2.48. The highest BCUT2D eigenvalue weighted by atomic mass is 79.9. The maximum Gasteiger partial charge on any atom is 0.0389 e. The van der Waals surface area contributed by atoms with Crippen LogP contribution >= 0.6 is 15.9 Å². The van der Waals surface area contributed by atoms with Crippen LogP contribution in [0.3, 0.4) is 0 Å². The van der Waals surface area contributed by atoms with E-state index in [2.05, 4.69) is 57.8 Å². The van der Waals surface area contributed by atoms with Crippen LogP contribution in [0.1, 0.15) is 31.7 Å². The molecule has 2 saturated heterocycles. The minimum absolute atomic E-state index is 0.620. The third kappa shape index (κ3) is 2.68. The number of benzene rings is 1. The van der Waals surface area contributed by atoms with E-state index in [1.807, 2.05) is 0 Å². The van der Waals surface area contributed by atoms with Gasteiger partial charge in [-0.1, -0.05) is 22.4 Å². The molecule has 1 aromatic rings. The first-order valence-corrected chi connectivity index (χ1v) is 8.21. The Labute approximate surface area is 124 Å². The predicted molar refractivity (Wildman–Crippen MR) is 84.9 cm³/mol. The Morgan fingerprint density at radius 3 is 2.84 bits per heavy atom. The maximum absolute atomic E-state index is 3.60. The molecule has 0 bridgehead atoms. The predicted octanol–water partition coefficient (Wildman–Crippen LogP) is 3.82. The molecule has 2 aliphatic heterocycles. The molecule has 0 amide bonds. The third-order valence-corrected chi connectivity index (χ3v) is 5.55. The van der Waals surface area contributed by atoms with Gasteiger partial charge in [-0.25, -0.2) is 0 Å². The van der Waals surface area contributed by atoms with E-state index in [0.29, 0.717) is 6.04 Å². The van der Waals surface area contributed by atoms with Gasteiger partial charge in [-0.2, -0.15) is 0 Å². The molecule has 0 aliphatic carbocycles. The average molecular weight is 323 g/mol. The van der Waals surface area contributed by atoms with Gasteiger partial charge in [0.1, 0.15) is 0 Å². The van der Waals surface area contributed by atoms with E-state index in [-0.39, 0.29) is 0 Å². The van der Waals surface area contributed by atoms with Crippen molar-refractivity contribution >= 4 is 21.6 Å². The van der Waals surface area contributed by atoms with Crippen molar-refractivity contribution in [2.45, 2.75) is 45.2 Å². The molecule has 0 aromatic heterocycles. The zero-order valence-corrected chi connectivity index (χ0v) is 13.5. The standard InChI is InChI=1S/C16H23BrN2/c1-12-9-14(6-7-16(12)17)19-11-15-5-3-4-8-18(15)10-13(19)2/h6-7,9,13,15H,3-5,8,10-11H2,1-2H3. The van der Waals surface area contributed by atoms with E-state index >= 15 is 0 Å². The van der Waals surface area contributed by atoms with Crippen LogP contribution in [0.25, 0.3) is 0 Å². The zero-order chi connectivity index (χ0) is 13.4. The molecule has 0 N–H and O–H groups in total. The van der Waals surface area contributed by atoms with Crippen LogP contribution in [0.2, 0.25) is 0 Å². The highest BCUT2D eigenvalue weighted by molar-refractivity contribution is 9.10. The zero-order valence-electron chi connectivity index (χ0n) is 11.9. The molecule has 0 saturated carbocycles. The van der Waals surface area contributed by atoms with Crippen molar-refractivity contribution in [3.63, 3.8) is 0 Å². The highest BCUT2D eigenvalue weighted by Gasteiger charge is 2.32. The van der Waals surface area contributed by atoms with E-state index in [1.165, 1.54) is 54.6 Å². The van der Waals surface area contributed by atoms with E-state index in [1.54, 1.807) is 0 Å². The second-order valence-electron chi connectivity index (χ2n) is 6.08. The third-order valence-electron chi connectivity index (χ3n) is 4.66. The summed E-state index contributed by atoms with van der Waals surface area (Å²) in [6, 6.07) is 8.15. The average Bonchev–Trinajstić information content (AvgIpc) is 2.41. The van der Waals surface area contributed by atoms with E-state index in [9.17, 15) is 0 Å². The summed E-state index contributed by atoms with van der Waals surface area (Å²) in [7, 11) is 0. The van der Waals surface area contributed by atoms with Gasteiger partial charge in [-0.05, 0) is 57.0 Å². The smallest absolute Gasteiger partial charge is 0.0389 e. The largest absolute Gasteiger partial charge is 0.366 e. The molecule has 1 aromatic carbocycles. The van der Waals surface area contributed by atoms with Gasteiger partial charge in [-0.15, -0.1) is 0 Å². The molecule has 19 heavy (non-hydrogen) atoms. The first kappa shape index (κ1) is 13.4. The number of piperazine rings is 1. The van der Waals surface area contributed by atoms with Crippen LogP contribution in [-0.2, 0) is 0 Å². The summed E-state index contributed by atoms with van der Waals surface area (Å²) in [6.07, 6.45) is 4.17. The molecule has 2 nitrogen and oxygen atoms in total. The lowest BCUT2D eigenvalue weighted by atomic mass is 9.96. The Bertz CT molecular complexity index is 460. The Morgan fingerprint density at radius 2 is 2.05 bits per heavy atom. The molecule has 2 heterocycles. The summed E-state index contributed by atoms with van der Waals surface area (Å²) in [5, 5.41) is 0. The number of nitrogens with zero attached hydrogens (tertiary/aromatic N) is 2. The van der Waals surface area contributed by atoms with Crippen molar-refractivity contribution in [3.8, 4) is 0 Å². The monoisotopic (exact) mass is 322 g/mol. The fourth-order valence-electron chi connectivity index (χ4n) is 3.52. The SMILES string of the molecule is Cc1cc(N2CC3CCCCN3CC2C)ccc1Br. The topological polar surface area (TPSA) is 6.48 Å². The Kier molecular flexibility index (Phi) is 3.86. The number of rotatable bonds is 1. The van der Waals surface area contributed by atoms with Crippen LogP contribution in [0.15, 0.2) is 22.7 Å². The molecular weight excluding hydrogens is 300 g/mol. The molecule has 2 aliphatic rings. The van der Waals surface area contributed by atoms with Crippen LogP contribution < -0.4 is 4.90 Å². The van der Waals surface area contributed by atoms with Crippen molar-refractivity contribution in [2.75, 3.05) is 24.5 Å². The molecule has 3 rings (SSSR count). The van der Waals surface area contributed by atoms with Gasteiger partial charge in [0.2, 0.25) is 0 Å². The normalized spacial score (nSPS) is 28.3. The van der Waals surface area contributed by atoms with Gasteiger partial charge in [0.15, 0.2) is 0 Å². The van der Waals surface area contributed by atoms with Crippen LogP contribution in [0, 0.1) is 6.92 Å². The number of aryl methyl sites for hydroxylation is 1. The first-order chi connectivity index (χ1) is 9.15. The Morgan fingerprint density at radius 1 is 1.21 bits per heavy atom. The van der Waals surface area contributed by atoms with E-state index in [4.69, 9.17) is 0 Å². The Balaban J connectivity index is 1.81. The fourth-order valence-corrected chi connectivity index (χ4v) is 3.77. The highest BCUT2D eigenvalue weighted by Crippen LogP contribution is 2.30. The van der Waals surface area contributed by atoms with Gasteiger partial charge in [0.05, 0.1) is 0 Å².